The van der Waals surface area contributed by atoms with Crippen molar-refractivity contribution in [3.63, 3.8) is 0 Å². The van der Waals surface area contributed by atoms with E-state index in [2.05, 4.69) is 20.4 Å². The molecular formula is C16H27N5O2. The van der Waals surface area contributed by atoms with Crippen LogP contribution in [0.4, 0.5) is 0 Å². The second kappa shape index (κ2) is 7.40. The molecule has 2 heterocycles. The number of aryl methyl sites for hydroxylation is 1. The molecule has 0 radical (unpaired) electrons. The van der Waals surface area contributed by atoms with Crippen LogP contribution in [0.25, 0.3) is 0 Å². The molecule has 1 saturated heterocycles. The van der Waals surface area contributed by atoms with Crippen LogP contribution in [0.2, 0.25) is 0 Å². The fourth-order valence-electron chi connectivity index (χ4n) is 3.31. The normalized spacial score (nSPS) is 24.2. The molecule has 1 aliphatic carbocycles. The third kappa shape index (κ3) is 3.90. The Labute approximate surface area is 137 Å². The summed E-state index contributed by atoms with van der Waals surface area (Å²) in [6, 6.07) is -0.156. The number of amides is 1. The molecule has 0 spiro atoms. The van der Waals surface area contributed by atoms with Gasteiger partial charge in [0.05, 0.1) is 13.2 Å². The molecule has 2 aliphatic rings. The van der Waals surface area contributed by atoms with E-state index in [1.807, 2.05) is 18.5 Å². The van der Waals surface area contributed by atoms with Gasteiger partial charge in [-0.3, -0.25) is 9.69 Å². The number of morpholine rings is 1. The maximum Gasteiger partial charge on any atom is 0.239 e. The first-order chi connectivity index (χ1) is 11.1. The molecule has 23 heavy (non-hydrogen) atoms. The fraction of sp³-hybridized carbons (Fsp3) is 0.812. The molecule has 1 aromatic heterocycles. The Balaban J connectivity index is 1.52. The van der Waals surface area contributed by atoms with Crippen molar-refractivity contribution in [3.8, 4) is 0 Å². The molecule has 1 amide bonds. The minimum absolute atomic E-state index is 0.0676. The summed E-state index contributed by atoms with van der Waals surface area (Å²) in [4.78, 5) is 14.9. The molecule has 1 aliphatic heterocycles. The van der Waals surface area contributed by atoms with E-state index in [0.717, 1.165) is 31.4 Å². The summed E-state index contributed by atoms with van der Waals surface area (Å²) in [6.45, 7) is 5.73. The van der Waals surface area contributed by atoms with Crippen LogP contribution >= 0.6 is 0 Å². The first-order valence-electron chi connectivity index (χ1n) is 8.58. The number of hydrogen-bond donors (Lipinski definition) is 1. The highest BCUT2D eigenvalue weighted by Gasteiger charge is 2.32. The molecule has 0 aromatic carbocycles. The molecule has 128 valence electrons. The summed E-state index contributed by atoms with van der Waals surface area (Å²) in [5.74, 6) is 1.85. The van der Waals surface area contributed by atoms with Crippen molar-refractivity contribution in [3.05, 3.63) is 12.2 Å². The van der Waals surface area contributed by atoms with E-state index in [0.29, 0.717) is 13.2 Å². The van der Waals surface area contributed by atoms with Gasteiger partial charge in [0.15, 0.2) is 0 Å². The number of aromatic nitrogens is 3. The number of nitrogens with zero attached hydrogens (tertiary/aromatic N) is 4. The Morgan fingerprint density at radius 1 is 1.52 bits per heavy atom. The van der Waals surface area contributed by atoms with Gasteiger partial charge in [-0.15, -0.1) is 10.2 Å². The van der Waals surface area contributed by atoms with Gasteiger partial charge in [0.2, 0.25) is 5.91 Å². The van der Waals surface area contributed by atoms with E-state index in [1.165, 1.54) is 19.3 Å². The van der Waals surface area contributed by atoms with Crippen molar-refractivity contribution < 1.29 is 9.53 Å². The highest BCUT2D eigenvalue weighted by atomic mass is 16.5. The highest BCUT2D eigenvalue weighted by Crippen LogP contribution is 2.28. The molecule has 2 unspecified atom stereocenters. The summed E-state index contributed by atoms with van der Waals surface area (Å²) in [6.07, 6.45) is 5.62. The topological polar surface area (TPSA) is 72.3 Å². The molecular weight excluding hydrogens is 294 g/mol. The molecule has 2 fully saturated rings. The van der Waals surface area contributed by atoms with Gasteiger partial charge >= 0.3 is 0 Å². The van der Waals surface area contributed by atoms with Crippen LogP contribution < -0.4 is 5.32 Å². The standard InChI is InChI=1S/C16H27N5O2/c1-12(15-19-18-11-20(15)2)8-17-16(22)14-10-23-7-6-21(14)9-13-4-3-5-13/h11-14H,3-10H2,1-2H3,(H,17,22). The van der Waals surface area contributed by atoms with Crippen molar-refractivity contribution in [2.75, 3.05) is 32.8 Å². The third-order valence-corrected chi connectivity index (χ3v) is 5.03. The fourth-order valence-corrected chi connectivity index (χ4v) is 3.31. The van der Waals surface area contributed by atoms with Crippen LogP contribution in [-0.4, -0.2) is 64.5 Å². The van der Waals surface area contributed by atoms with Crippen molar-refractivity contribution in [1.82, 2.24) is 25.0 Å². The number of ether oxygens (including phenoxy) is 1. The van der Waals surface area contributed by atoms with Crippen LogP contribution in [-0.2, 0) is 16.6 Å². The average molecular weight is 321 g/mol. The van der Waals surface area contributed by atoms with Crippen molar-refractivity contribution >= 4 is 5.91 Å². The summed E-state index contributed by atoms with van der Waals surface area (Å²) in [5, 5.41) is 11.1. The molecule has 7 nitrogen and oxygen atoms in total. The van der Waals surface area contributed by atoms with E-state index in [1.54, 1.807) is 6.33 Å². The van der Waals surface area contributed by atoms with Crippen molar-refractivity contribution in [1.29, 1.82) is 0 Å². The van der Waals surface area contributed by atoms with Crippen LogP contribution in [0.15, 0.2) is 6.33 Å². The van der Waals surface area contributed by atoms with Gasteiger partial charge in [-0.25, -0.2) is 0 Å². The van der Waals surface area contributed by atoms with Crippen LogP contribution in [0.3, 0.4) is 0 Å². The Hall–Kier alpha value is -1.47. The number of carbonyl (C=O) groups excluding carboxylic acids is 1. The Morgan fingerprint density at radius 3 is 3.00 bits per heavy atom. The molecule has 1 aromatic rings. The molecule has 1 saturated carbocycles. The van der Waals surface area contributed by atoms with Crippen LogP contribution in [0, 0.1) is 5.92 Å². The lowest BCUT2D eigenvalue weighted by Gasteiger charge is -2.39. The molecule has 3 rings (SSSR count). The van der Waals surface area contributed by atoms with Crippen molar-refractivity contribution in [2.24, 2.45) is 13.0 Å². The van der Waals surface area contributed by atoms with Gasteiger partial charge in [0, 0.05) is 32.6 Å². The maximum atomic E-state index is 12.6. The lowest BCUT2D eigenvalue weighted by molar-refractivity contribution is -0.133. The number of carbonyl (C=O) groups is 1. The summed E-state index contributed by atoms with van der Waals surface area (Å²) < 4.78 is 7.43. The monoisotopic (exact) mass is 321 g/mol. The third-order valence-electron chi connectivity index (χ3n) is 5.03. The highest BCUT2D eigenvalue weighted by molar-refractivity contribution is 5.82. The second-order valence-electron chi connectivity index (χ2n) is 6.83. The Bertz CT molecular complexity index is 528. The number of rotatable bonds is 6. The van der Waals surface area contributed by atoms with E-state index in [4.69, 9.17) is 4.74 Å². The van der Waals surface area contributed by atoms with Gasteiger partial charge in [0.25, 0.3) is 0 Å². The summed E-state index contributed by atoms with van der Waals surface area (Å²) in [7, 11) is 1.92. The lowest BCUT2D eigenvalue weighted by Crippen LogP contribution is -2.55. The van der Waals surface area contributed by atoms with E-state index in [9.17, 15) is 4.79 Å². The van der Waals surface area contributed by atoms with E-state index < -0.39 is 0 Å². The van der Waals surface area contributed by atoms with E-state index in [-0.39, 0.29) is 17.9 Å². The largest absolute Gasteiger partial charge is 0.378 e. The van der Waals surface area contributed by atoms with Gasteiger partial charge in [0.1, 0.15) is 18.2 Å². The van der Waals surface area contributed by atoms with Crippen molar-refractivity contribution in [2.45, 2.75) is 38.1 Å². The van der Waals surface area contributed by atoms with Gasteiger partial charge in [-0.05, 0) is 18.8 Å². The van der Waals surface area contributed by atoms with Gasteiger partial charge in [-0.2, -0.15) is 0 Å². The lowest BCUT2D eigenvalue weighted by atomic mass is 9.84. The minimum atomic E-state index is -0.156. The molecule has 0 bridgehead atoms. The predicted molar refractivity (Wildman–Crippen MR) is 85.9 cm³/mol. The summed E-state index contributed by atoms with van der Waals surface area (Å²) in [5.41, 5.74) is 0. The van der Waals surface area contributed by atoms with Crippen LogP contribution in [0.5, 0.6) is 0 Å². The quantitative estimate of drug-likeness (QED) is 0.828. The number of nitrogens with one attached hydrogen (secondary N) is 1. The maximum absolute atomic E-state index is 12.6. The van der Waals surface area contributed by atoms with E-state index >= 15 is 0 Å². The predicted octanol–water partition coefficient (Wildman–Crippen LogP) is 0.536. The minimum Gasteiger partial charge on any atom is -0.378 e. The first-order valence-corrected chi connectivity index (χ1v) is 8.58. The molecule has 2 atom stereocenters. The molecule has 1 N–H and O–H groups in total. The van der Waals surface area contributed by atoms with Gasteiger partial charge in [-0.1, -0.05) is 13.3 Å². The smallest absolute Gasteiger partial charge is 0.239 e. The Morgan fingerprint density at radius 2 is 2.35 bits per heavy atom. The number of hydrogen-bond acceptors (Lipinski definition) is 5. The Kier molecular flexibility index (Phi) is 5.27. The zero-order chi connectivity index (χ0) is 16.2. The second-order valence-corrected chi connectivity index (χ2v) is 6.83. The zero-order valence-electron chi connectivity index (χ0n) is 14.1. The summed E-state index contributed by atoms with van der Waals surface area (Å²) >= 11 is 0. The van der Waals surface area contributed by atoms with Crippen LogP contribution in [0.1, 0.15) is 37.9 Å². The molecule has 7 heteroatoms. The average Bonchev–Trinajstić information content (AvgIpc) is 2.95. The zero-order valence-corrected chi connectivity index (χ0v) is 14.1. The SMILES string of the molecule is CC(CNC(=O)C1COCCN1CC1CCC1)c1nncn1C. The van der Waals surface area contributed by atoms with Gasteiger partial charge < -0.3 is 14.6 Å². The first kappa shape index (κ1) is 16.4.